The van der Waals surface area contributed by atoms with Crippen molar-refractivity contribution < 1.29 is 39.3 Å². The van der Waals surface area contributed by atoms with Crippen molar-refractivity contribution in [1.82, 2.24) is 0 Å². The van der Waals surface area contributed by atoms with Crippen molar-refractivity contribution in [2.45, 2.75) is 20.8 Å². The third-order valence-electron chi connectivity index (χ3n) is 0.666. The zero-order valence-electron chi connectivity index (χ0n) is 7.70. The number of rotatable bonds is 2. The Balaban J connectivity index is -0.000000126. The van der Waals surface area contributed by atoms with E-state index in [0.29, 0.717) is 12.5 Å². The standard InChI is InChI=1S/C4H10O.C3H4O3.Zn/c1-4(2)3-5;1-2(4)3(5)6;/h4-5H,3H2,1-2H3;1H3,(H,5,6);. The summed E-state index contributed by atoms with van der Waals surface area (Å²) in [5.41, 5.74) is 0. The van der Waals surface area contributed by atoms with Crippen molar-refractivity contribution in [2.75, 3.05) is 6.61 Å². The zero-order chi connectivity index (χ0) is 9.44. The van der Waals surface area contributed by atoms with Gasteiger partial charge in [0.05, 0.1) is 0 Å². The van der Waals surface area contributed by atoms with E-state index < -0.39 is 11.8 Å². The van der Waals surface area contributed by atoms with E-state index in [1.165, 1.54) is 0 Å². The Morgan fingerprint density at radius 2 is 1.50 bits per heavy atom. The molecule has 0 atom stereocenters. The van der Waals surface area contributed by atoms with Gasteiger partial charge in [-0.15, -0.1) is 0 Å². The number of aliphatic carboxylic acids is 1. The third kappa shape index (κ3) is 22.6. The van der Waals surface area contributed by atoms with Gasteiger partial charge in [0.15, 0.2) is 0 Å². The first kappa shape index (κ1) is 17.7. The molecule has 0 aliphatic rings. The first-order chi connectivity index (χ1) is 4.91. The van der Waals surface area contributed by atoms with Gasteiger partial charge in [0.25, 0.3) is 0 Å². The Hall–Kier alpha value is -0.277. The number of carboxylic acids is 1. The molecule has 12 heavy (non-hydrogen) atoms. The van der Waals surface area contributed by atoms with Crippen molar-refractivity contribution >= 4 is 11.8 Å². The second-order valence-corrected chi connectivity index (χ2v) is 2.44. The molecule has 4 nitrogen and oxygen atoms in total. The second-order valence-electron chi connectivity index (χ2n) is 2.44. The molecular formula is C7H14O4Zn. The van der Waals surface area contributed by atoms with Gasteiger partial charge < -0.3 is 10.2 Å². The van der Waals surface area contributed by atoms with Crippen LogP contribution in [0.3, 0.4) is 0 Å². The first-order valence-electron chi connectivity index (χ1n) is 3.26. The molecule has 0 aliphatic heterocycles. The van der Waals surface area contributed by atoms with Gasteiger partial charge in [-0.1, -0.05) is 13.8 Å². The molecular weight excluding hydrogens is 213 g/mol. The molecule has 0 aromatic rings. The van der Waals surface area contributed by atoms with Gasteiger partial charge in [-0.25, -0.2) is 4.79 Å². The van der Waals surface area contributed by atoms with Crippen LogP contribution in [0.25, 0.3) is 0 Å². The quantitative estimate of drug-likeness (QED) is 0.525. The Morgan fingerprint density at radius 3 is 1.50 bits per heavy atom. The van der Waals surface area contributed by atoms with Crippen LogP contribution in [0.2, 0.25) is 0 Å². The molecule has 5 heteroatoms. The summed E-state index contributed by atoms with van der Waals surface area (Å²) in [6.07, 6.45) is 0. The summed E-state index contributed by atoms with van der Waals surface area (Å²) in [4.78, 5) is 18.9. The van der Waals surface area contributed by atoms with Crippen LogP contribution in [0.1, 0.15) is 20.8 Å². The maximum Gasteiger partial charge on any atom is 0.371 e. The van der Waals surface area contributed by atoms with E-state index in [4.69, 9.17) is 10.2 Å². The fraction of sp³-hybridized carbons (Fsp3) is 0.714. The number of aliphatic hydroxyl groups excluding tert-OH is 1. The topological polar surface area (TPSA) is 74.6 Å². The summed E-state index contributed by atoms with van der Waals surface area (Å²) < 4.78 is 0. The van der Waals surface area contributed by atoms with Crippen LogP contribution in [0.15, 0.2) is 0 Å². The summed E-state index contributed by atoms with van der Waals surface area (Å²) in [6, 6.07) is 0. The summed E-state index contributed by atoms with van der Waals surface area (Å²) in [6.45, 7) is 5.25. The molecule has 0 unspecified atom stereocenters. The van der Waals surface area contributed by atoms with Gasteiger partial charge in [0.1, 0.15) is 0 Å². The molecule has 0 saturated carbocycles. The average Bonchev–Trinajstić information content (AvgIpc) is 1.89. The molecule has 0 aromatic carbocycles. The van der Waals surface area contributed by atoms with Crippen molar-refractivity contribution in [3.63, 3.8) is 0 Å². The maximum absolute atomic E-state index is 9.54. The molecule has 0 amide bonds. The number of hydrogen-bond acceptors (Lipinski definition) is 3. The largest absolute Gasteiger partial charge is 0.476 e. The summed E-state index contributed by atoms with van der Waals surface area (Å²) >= 11 is 0. The average molecular weight is 228 g/mol. The van der Waals surface area contributed by atoms with Crippen LogP contribution in [-0.2, 0) is 29.1 Å². The zero-order valence-corrected chi connectivity index (χ0v) is 10.7. The van der Waals surface area contributed by atoms with Gasteiger partial charge in [0, 0.05) is 33.0 Å². The van der Waals surface area contributed by atoms with Crippen LogP contribution < -0.4 is 0 Å². The SMILES string of the molecule is CC(=O)C(=O)O.CC(C)CO.[Zn]. The Kier molecular flexibility index (Phi) is 15.8. The minimum absolute atomic E-state index is 0. The number of aliphatic hydroxyl groups is 1. The van der Waals surface area contributed by atoms with Crippen LogP contribution in [0.4, 0.5) is 0 Å². The second kappa shape index (κ2) is 10.7. The molecule has 0 spiro atoms. The summed E-state index contributed by atoms with van der Waals surface area (Å²) in [7, 11) is 0. The van der Waals surface area contributed by atoms with Gasteiger partial charge in [-0.2, -0.15) is 0 Å². The van der Waals surface area contributed by atoms with Crippen LogP contribution >= 0.6 is 0 Å². The van der Waals surface area contributed by atoms with Crippen LogP contribution in [0.5, 0.6) is 0 Å². The normalized spacial score (nSPS) is 7.75. The minimum atomic E-state index is -1.38. The first-order valence-corrected chi connectivity index (χ1v) is 3.26. The Labute approximate surface area is 84.7 Å². The predicted octanol–water partition coefficient (Wildman–Crippen LogP) is 0.292. The van der Waals surface area contributed by atoms with E-state index >= 15 is 0 Å². The molecule has 0 heterocycles. The molecule has 0 fully saturated rings. The fourth-order valence-electron chi connectivity index (χ4n) is 0. The van der Waals surface area contributed by atoms with E-state index in [1.807, 2.05) is 13.8 Å². The van der Waals surface area contributed by atoms with Crippen LogP contribution in [-0.4, -0.2) is 28.6 Å². The summed E-state index contributed by atoms with van der Waals surface area (Å²) in [5.74, 6) is -1.76. The molecule has 0 bridgehead atoms. The number of Topliss-reactive ketones (excluding diaryl/α,β-unsaturated/α-hetero) is 1. The smallest absolute Gasteiger partial charge is 0.371 e. The van der Waals surface area contributed by atoms with Crippen molar-refractivity contribution in [3.05, 3.63) is 0 Å². The van der Waals surface area contributed by atoms with Gasteiger partial charge in [-0.3, -0.25) is 4.79 Å². The monoisotopic (exact) mass is 226 g/mol. The number of carbonyl (C=O) groups is 2. The number of ketones is 1. The third-order valence-corrected chi connectivity index (χ3v) is 0.666. The predicted molar refractivity (Wildman–Crippen MR) is 40.2 cm³/mol. The van der Waals surface area contributed by atoms with Gasteiger partial charge >= 0.3 is 5.97 Å². The summed E-state index contributed by atoms with van der Waals surface area (Å²) in [5, 5.41) is 15.8. The molecule has 2 N–H and O–H groups in total. The van der Waals surface area contributed by atoms with E-state index in [0.717, 1.165) is 6.92 Å². The van der Waals surface area contributed by atoms with Crippen molar-refractivity contribution in [1.29, 1.82) is 0 Å². The number of carboxylic acid groups (broad SMARTS) is 1. The Morgan fingerprint density at radius 1 is 1.33 bits per heavy atom. The molecule has 0 aliphatic carbocycles. The van der Waals surface area contributed by atoms with E-state index in [-0.39, 0.29) is 19.5 Å². The van der Waals surface area contributed by atoms with E-state index in [1.54, 1.807) is 0 Å². The van der Waals surface area contributed by atoms with E-state index in [2.05, 4.69) is 0 Å². The number of carbonyl (C=O) groups excluding carboxylic acids is 1. The fourth-order valence-corrected chi connectivity index (χ4v) is 0. The van der Waals surface area contributed by atoms with Gasteiger partial charge in [0.2, 0.25) is 5.78 Å². The van der Waals surface area contributed by atoms with Crippen LogP contribution in [0, 0.1) is 5.92 Å². The molecule has 68 valence electrons. The molecule has 0 saturated heterocycles. The number of hydrogen-bond donors (Lipinski definition) is 2. The Bertz CT molecular complexity index is 121. The molecule has 0 radical (unpaired) electrons. The van der Waals surface area contributed by atoms with Crippen molar-refractivity contribution in [2.24, 2.45) is 5.92 Å². The van der Waals surface area contributed by atoms with Gasteiger partial charge in [-0.05, 0) is 5.92 Å². The minimum Gasteiger partial charge on any atom is -0.476 e. The van der Waals surface area contributed by atoms with Crippen molar-refractivity contribution in [3.8, 4) is 0 Å². The molecule has 0 aromatic heterocycles. The molecule has 0 rings (SSSR count). The van der Waals surface area contributed by atoms with E-state index in [9.17, 15) is 9.59 Å². The maximum atomic E-state index is 9.54.